The fraction of sp³-hybridized carbons (Fsp3) is 0.545. The lowest BCUT2D eigenvalue weighted by Gasteiger charge is -2.21. The second-order valence-corrected chi connectivity index (χ2v) is 4.73. The number of rotatable bonds is 3. The topological polar surface area (TPSA) is 26.3 Å². The van der Waals surface area contributed by atoms with Gasteiger partial charge >= 0.3 is 0 Å². The normalized spacial score (nSPS) is 18.0. The van der Waals surface area contributed by atoms with Crippen molar-refractivity contribution in [3.63, 3.8) is 0 Å². The summed E-state index contributed by atoms with van der Waals surface area (Å²) >= 11 is 1.44. The van der Waals surface area contributed by atoms with E-state index in [2.05, 4.69) is 0 Å². The van der Waals surface area contributed by atoms with E-state index in [1.807, 2.05) is 12.1 Å². The highest BCUT2D eigenvalue weighted by molar-refractivity contribution is 7.15. The van der Waals surface area contributed by atoms with Gasteiger partial charge in [-0.15, -0.1) is 0 Å². The van der Waals surface area contributed by atoms with Crippen LogP contribution in [-0.2, 0) is 0 Å². The van der Waals surface area contributed by atoms with Gasteiger partial charge in [0.05, 0.1) is 11.0 Å². The molecule has 1 aliphatic rings. The molecule has 0 unspecified atom stereocenters. The van der Waals surface area contributed by atoms with Gasteiger partial charge in [0.15, 0.2) is 11.3 Å². The van der Waals surface area contributed by atoms with Gasteiger partial charge in [0.2, 0.25) is 0 Å². The van der Waals surface area contributed by atoms with E-state index in [0.29, 0.717) is 6.10 Å². The quantitative estimate of drug-likeness (QED) is 0.716. The van der Waals surface area contributed by atoms with E-state index >= 15 is 0 Å². The molecule has 14 heavy (non-hydrogen) atoms. The Labute approximate surface area is 87.9 Å². The summed E-state index contributed by atoms with van der Waals surface area (Å²) in [6.45, 7) is 0. The highest BCUT2D eigenvalue weighted by atomic mass is 32.1. The van der Waals surface area contributed by atoms with Crippen LogP contribution in [-0.4, -0.2) is 12.4 Å². The fourth-order valence-corrected chi connectivity index (χ4v) is 2.55. The molecule has 0 radical (unpaired) electrons. The number of carbonyl (C=O) groups is 1. The molecule has 3 heteroatoms. The van der Waals surface area contributed by atoms with Crippen LogP contribution in [0.2, 0.25) is 0 Å². The number of aldehydes is 1. The molecule has 1 aromatic heterocycles. The Balaban J connectivity index is 1.92. The molecule has 2 rings (SSSR count). The van der Waals surface area contributed by atoms with Gasteiger partial charge in [-0.1, -0.05) is 17.8 Å². The largest absolute Gasteiger partial charge is 0.481 e. The van der Waals surface area contributed by atoms with Crippen molar-refractivity contribution in [1.82, 2.24) is 0 Å². The zero-order valence-corrected chi connectivity index (χ0v) is 8.89. The summed E-state index contributed by atoms with van der Waals surface area (Å²) in [5, 5.41) is 0.888. The first-order chi connectivity index (χ1) is 6.88. The minimum atomic E-state index is 0.377. The number of carbonyl (C=O) groups excluding carboxylic acids is 1. The van der Waals surface area contributed by atoms with Gasteiger partial charge in [0.25, 0.3) is 0 Å². The zero-order valence-electron chi connectivity index (χ0n) is 8.07. The number of hydrogen-bond donors (Lipinski definition) is 0. The molecule has 1 heterocycles. The lowest BCUT2D eigenvalue weighted by molar-refractivity contribution is 0.112. The average Bonchev–Trinajstić information content (AvgIpc) is 2.67. The van der Waals surface area contributed by atoms with Crippen LogP contribution in [0.5, 0.6) is 5.06 Å². The molecule has 76 valence electrons. The second kappa shape index (κ2) is 4.60. The van der Waals surface area contributed by atoms with Gasteiger partial charge < -0.3 is 4.74 Å². The van der Waals surface area contributed by atoms with Crippen LogP contribution in [0.4, 0.5) is 0 Å². The Bertz CT molecular complexity index is 300. The lowest BCUT2D eigenvalue weighted by atomic mass is 9.98. The van der Waals surface area contributed by atoms with Gasteiger partial charge in [-0.3, -0.25) is 4.79 Å². The Hall–Kier alpha value is -0.830. The van der Waals surface area contributed by atoms with Crippen LogP contribution in [0, 0.1) is 0 Å². The van der Waals surface area contributed by atoms with Gasteiger partial charge in [-0.25, -0.2) is 0 Å². The van der Waals surface area contributed by atoms with Crippen molar-refractivity contribution >= 4 is 17.6 Å². The monoisotopic (exact) mass is 210 g/mol. The molecule has 0 bridgehead atoms. The number of hydrogen-bond acceptors (Lipinski definition) is 3. The first-order valence-electron chi connectivity index (χ1n) is 5.10. The molecule has 1 aromatic rings. The molecule has 1 fully saturated rings. The summed E-state index contributed by atoms with van der Waals surface area (Å²) in [6, 6.07) is 3.71. The predicted molar refractivity (Wildman–Crippen MR) is 57.2 cm³/mol. The van der Waals surface area contributed by atoms with Crippen molar-refractivity contribution in [3.05, 3.63) is 17.0 Å². The summed E-state index contributed by atoms with van der Waals surface area (Å²) < 4.78 is 5.80. The van der Waals surface area contributed by atoms with Gasteiger partial charge in [-0.2, -0.15) is 0 Å². The van der Waals surface area contributed by atoms with E-state index in [1.165, 1.54) is 30.6 Å². The highest BCUT2D eigenvalue weighted by Crippen LogP contribution is 2.28. The third-order valence-electron chi connectivity index (χ3n) is 2.55. The molecule has 0 amide bonds. The third kappa shape index (κ3) is 2.35. The van der Waals surface area contributed by atoms with Crippen molar-refractivity contribution in [1.29, 1.82) is 0 Å². The van der Waals surface area contributed by atoms with E-state index in [1.54, 1.807) is 0 Å². The number of thiophene rings is 1. The third-order valence-corrected chi connectivity index (χ3v) is 3.45. The Morgan fingerprint density at radius 3 is 2.71 bits per heavy atom. The summed E-state index contributed by atoms with van der Waals surface area (Å²) in [6.07, 6.45) is 7.46. The molecule has 1 aliphatic carbocycles. The van der Waals surface area contributed by atoms with Crippen LogP contribution < -0.4 is 4.74 Å². The summed E-state index contributed by atoms with van der Waals surface area (Å²) in [5.74, 6) is 0. The van der Waals surface area contributed by atoms with E-state index < -0.39 is 0 Å². The Kier molecular flexibility index (Phi) is 3.19. The van der Waals surface area contributed by atoms with Crippen molar-refractivity contribution in [2.45, 2.75) is 38.2 Å². The maximum atomic E-state index is 10.5. The van der Waals surface area contributed by atoms with E-state index in [9.17, 15) is 4.79 Å². The van der Waals surface area contributed by atoms with E-state index in [0.717, 1.165) is 29.1 Å². The van der Waals surface area contributed by atoms with Crippen LogP contribution in [0.15, 0.2) is 12.1 Å². The smallest absolute Gasteiger partial charge is 0.174 e. The fourth-order valence-electron chi connectivity index (χ4n) is 1.81. The average molecular weight is 210 g/mol. The maximum absolute atomic E-state index is 10.5. The molecular weight excluding hydrogens is 196 g/mol. The molecule has 0 N–H and O–H groups in total. The molecule has 0 saturated heterocycles. The number of ether oxygens (including phenoxy) is 1. The zero-order chi connectivity index (χ0) is 9.80. The van der Waals surface area contributed by atoms with Crippen molar-refractivity contribution in [3.8, 4) is 5.06 Å². The van der Waals surface area contributed by atoms with Gasteiger partial charge in [0.1, 0.15) is 0 Å². The molecule has 1 saturated carbocycles. The first-order valence-corrected chi connectivity index (χ1v) is 5.92. The minimum absolute atomic E-state index is 0.377. The molecule has 0 aliphatic heterocycles. The van der Waals surface area contributed by atoms with Gasteiger partial charge in [0, 0.05) is 0 Å². The standard InChI is InChI=1S/C11H14O2S/c12-8-10-6-7-11(14-10)13-9-4-2-1-3-5-9/h6-9H,1-5H2. The second-order valence-electron chi connectivity index (χ2n) is 3.65. The van der Waals surface area contributed by atoms with Gasteiger partial charge in [-0.05, 0) is 37.8 Å². The summed E-state index contributed by atoms with van der Waals surface area (Å²) in [5.41, 5.74) is 0. The van der Waals surface area contributed by atoms with E-state index in [4.69, 9.17) is 4.74 Å². The van der Waals surface area contributed by atoms with Crippen molar-refractivity contribution in [2.24, 2.45) is 0 Å². The molecular formula is C11H14O2S. The van der Waals surface area contributed by atoms with Crippen LogP contribution in [0.3, 0.4) is 0 Å². The van der Waals surface area contributed by atoms with Crippen LogP contribution >= 0.6 is 11.3 Å². The lowest BCUT2D eigenvalue weighted by Crippen LogP contribution is -2.18. The Morgan fingerprint density at radius 2 is 2.07 bits per heavy atom. The maximum Gasteiger partial charge on any atom is 0.174 e. The van der Waals surface area contributed by atoms with Crippen LogP contribution in [0.1, 0.15) is 41.8 Å². The summed E-state index contributed by atoms with van der Waals surface area (Å²) in [7, 11) is 0. The molecule has 0 spiro atoms. The van der Waals surface area contributed by atoms with Crippen LogP contribution in [0.25, 0.3) is 0 Å². The van der Waals surface area contributed by atoms with Crippen molar-refractivity contribution in [2.75, 3.05) is 0 Å². The predicted octanol–water partition coefficient (Wildman–Crippen LogP) is 3.27. The molecule has 2 nitrogen and oxygen atoms in total. The van der Waals surface area contributed by atoms with E-state index in [-0.39, 0.29) is 0 Å². The Morgan fingerprint density at radius 1 is 1.29 bits per heavy atom. The highest BCUT2D eigenvalue weighted by Gasteiger charge is 2.15. The molecule has 0 aromatic carbocycles. The minimum Gasteiger partial charge on any atom is -0.481 e. The first kappa shape index (κ1) is 9.71. The summed E-state index contributed by atoms with van der Waals surface area (Å²) in [4.78, 5) is 11.2. The molecule has 0 atom stereocenters. The van der Waals surface area contributed by atoms with Crippen molar-refractivity contribution < 1.29 is 9.53 Å². The SMILES string of the molecule is O=Cc1ccc(OC2CCCCC2)s1.